The maximum atomic E-state index is 13.1. The van der Waals surface area contributed by atoms with E-state index in [1.54, 1.807) is 56.3 Å². The molecule has 1 atom stereocenters. The van der Waals surface area contributed by atoms with Crippen molar-refractivity contribution in [3.8, 4) is 5.69 Å². The minimum atomic E-state index is -0.499. The number of ether oxygens (including phenoxy) is 1. The first-order valence-corrected chi connectivity index (χ1v) is 9.38. The highest BCUT2D eigenvalue weighted by atomic mass is 35.5. The largest absolute Gasteiger partial charge is 0.465 e. The molecule has 7 heteroatoms. The molecule has 1 heterocycles. The molecular formula is C19H17ClN2O3S. The number of hydrogen-bond acceptors (Lipinski definition) is 5. The number of thioether (sulfide) groups is 1. The predicted octanol–water partition coefficient (Wildman–Crippen LogP) is 4.08. The molecule has 5 nitrogen and oxygen atoms in total. The fraction of sp³-hybridized carbons (Fsp3) is 0.211. The lowest BCUT2D eigenvalue weighted by atomic mass is 10.2. The maximum absolute atomic E-state index is 13.1. The molecule has 3 rings (SSSR count). The van der Waals surface area contributed by atoms with Crippen molar-refractivity contribution >= 4 is 40.2 Å². The summed E-state index contributed by atoms with van der Waals surface area (Å²) in [6.45, 7) is 3.79. The number of nitrogens with zero attached hydrogens (tertiary/aromatic N) is 2. The molecule has 0 saturated carbocycles. The van der Waals surface area contributed by atoms with Crippen molar-refractivity contribution in [1.82, 2.24) is 9.55 Å². The van der Waals surface area contributed by atoms with E-state index in [4.69, 9.17) is 16.3 Å². The van der Waals surface area contributed by atoms with Gasteiger partial charge in [0.1, 0.15) is 5.25 Å². The minimum absolute atomic E-state index is 0.198. The maximum Gasteiger partial charge on any atom is 0.319 e. The molecule has 0 aliphatic heterocycles. The summed E-state index contributed by atoms with van der Waals surface area (Å²) in [6.07, 6.45) is 0. The second-order valence-electron chi connectivity index (χ2n) is 5.54. The zero-order valence-electron chi connectivity index (χ0n) is 14.3. The third-order valence-electron chi connectivity index (χ3n) is 3.73. The van der Waals surface area contributed by atoms with Gasteiger partial charge in [-0.25, -0.2) is 4.98 Å². The van der Waals surface area contributed by atoms with Crippen molar-refractivity contribution in [3.05, 3.63) is 63.9 Å². The van der Waals surface area contributed by atoms with Gasteiger partial charge >= 0.3 is 5.97 Å². The average molecular weight is 389 g/mol. The number of halogens is 1. The van der Waals surface area contributed by atoms with Gasteiger partial charge in [0.25, 0.3) is 5.56 Å². The van der Waals surface area contributed by atoms with Crippen LogP contribution >= 0.6 is 23.4 Å². The first-order valence-electron chi connectivity index (χ1n) is 8.12. The van der Waals surface area contributed by atoms with Gasteiger partial charge in [0.05, 0.1) is 23.2 Å². The minimum Gasteiger partial charge on any atom is -0.465 e. The molecule has 0 unspecified atom stereocenters. The Bertz CT molecular complexity index is 1000. The van der Waals surface area contributed by atoms with Crippen LogP contribution in [0.3, 0.4) is 0 Å². The second kappa shape index (κ2) is 7.93. The normalized spacial score (nSPS) is 12.1. The van der Waals surface area contributed by atoms with Crippen molar-refractivity contribution in [1.29, 1.82) is 0 Å². The summed E-state index contributed by atoms with van der Waals surface area (Å²) in [4.78, 5) is 29.7. The summed E-state index contributed by atoms with van der Waals surface area (Å²) in [7, 11) is 0. The fourth-order valence-electron chi connectivity index (χ4n) is 2.48. The molecule has 2 aromatic carbocycles. The molecule has 0 fully saturated rings. The van der Waals surface area contributed by atoms with Crippen LogP contribution in [0.15, 0.2) is 58.5 Å². The molecule has 0 spiro atoms. The van der Waals surface area contributed by atoms with Gasteiger partial charge in [-0.1, -0.05) is 35.5 Å². The summed E-state index contributed by atoms with van der Waals surface area (Å²) >= 11 is 7.16. The van der Waals surface area contributed by atoms with E-state index in [1.807, 2.05) is 6.07 Å². The molecule has 0 aliphatic rings. The Hall–Kier alpha value is -2.31. The monoisotopic (exact) mass is 388 g/mol. The molecular weight excluding hydrogens is 372 g/mol. The quantitative estimate of drug-likeness (QED) is 0.374. The van der Waals surface area contributed by atoms with Crippen molar-refractivity contribution in [3.63, 3.8) is 0 Å². The topological polar surface area (TPSA) is 61.2 Å². The van der Waals surface area contributed by atoms with Gasteiger partial charge < -0.3 is 4.74 Å². The predicted molar refractivity (Wildman–Crippen MR) is 104 cm³/mol. The molecule has 1 aromatic heterocycles. The number of benzene rings is 2. The molecule has 3 aromatic rings. The van der Waals surface area contributed by atoms with E-state index < -0.39 is 5.25 Å². The Labute approximate surface area is 160 Å². The van der Waals surface area contributed by atoms with Crippen LogP contribution < -0.4 is 5.56 Å². The van der Waals surface area contributed by atoms with Crippen molar-refractivity contribution in [2.45, 2.75) is 24.3 Å². The number of rotatable bonds is 5. The number of hydrogen-bond donors (Lipinski definition) is 0. The van der Waals surface area contributed by atoms with E-state index in [1.165, 1.54) is 16.3 Å². The van der Waals surface area contributed by atoms with Gasteiger partial charge in [-0.15, -0.1) is 0 Å². The highest BCUT2D eigenvalue weighted by molar-refractivity contribution is 8.00. The summed E-state index contributed by atoms with van der Waals surface area (Å²) in [6, 6.07) is 14.1. The number of carbonyl (C=O) groups excluding carboxylic acids is 1. The van der Waals surface area contributed by atoms with Crippen LogP contribution in [0.1, 0.15) is 13.8 Å². The van der Waals surface area contributed by atoms with Crippen LogP contribution in [0.25, 0.3) is 16.6 Å². The highest BCUT2D eigenvalue weighted by Crippen LogP contribution is 2.26. The van der Waals surface area contributed by atoms with Crippen LogP contribution in [0.2, 0.25) is 5.02 Å². The van der Waals surface area contributed by atoms with E-state index in [9.17, 15) is 9.59 Å². The van der Waals surface area contributed by atoms with E-state index in [0.717, 1.165) is 0 Å². The first-order chi connectivity index (χ1) is 12.5. The SMILES string of the molecule is CCOC(=O)[C@H](C)Sc1nc2ccccc2c(=O)n1-c1ccc(Cl)cc1. The van der Waals surface area contributed by atoms with Crippen molar-refractivity contribution < 1.29 is 9.53 Å². The molecule has 26 heavy (non-hydrogen) atoms. The Balaban J connectivity index is 2.16. The van der Waals surface area contributed by atoms with Crippen LogP contribution in [-0.4, -0.2) is 27.4 Å². The lowest BCUT2D eigenvalue weighted by molar-refractivity contribution is -0.142. The highest BCUT2D eigenvalue weighted by Gasteiger charge is 2.21. The Morgan fingerprint density at radius 2 is 1.92 bits per heavy atom. The molecule has 0 aliphatic carbocycles. The van der Waals surface area contributed by atoms with Crippen molar-refractivity contribution in [2.75, 3.05) is 6.61 Å². The number of para-hydroxylation sites is 1. The number of esters is 1. The molecule has 0 radical (unpaired) electrons. The Kier molecular flexibility index (Phi) is 5.64. The lowest BCUT2D eigenvalue weighted by Crippen LogP contribution is -2.24. The van der Waals surface area contributed by atoms with Crippen LogP contribution in [0.4, 0.5) is 0 Å². The van der Waals surface area contributed by atoms with Gasteiger partial charge in [0.2, 0.25) is 0 Å². The van der Waals surface area contributed by atoms with Gasteiger partial charge in [-0.05, 0) is 50.2 Å². The first kappa shape index (κ1) is 18.5. The third-order valence-corrected chi connectivity index (χ3v) is 5.01. The summed E-state index contributed by atoms with van der Waals surface area (Å²) in [5, 5.41) is 1.01. The van der Waals surface area contributed by atoms with Crippen LogP contribution in [0, 0.1) is 0 Å². The van der Waals surface area contributed by atoms with Gasteiger partial charge in [-0.2, -0.15) is 0 Å². The molecule has 0 bridgehead atoms. The van der Waals surface area contributed by atoms with E-state index in [-0.39, 0.29) is 11.5 Å². The molecule has 0 saturated heterocycles. The van der Waals surface area contributed by atoms with Crippen LogP contribution in [0.5, 0.6) is 0 Å². The van der Waals surface area contributed by atoms with E-state index in [0.29, 0.717) is 33.4 Å². The van der Waals surface area contributed by atoms with Gasteiger partial charge in [0.15, 0.2) is 5.16 Å². The molecule has 0 N–H and O–H groups in total. The number of aromatic nitrogens is 2. The van der Waals surface area contributed by atoms with E-state index in [2.05, 4.69) is 4.98 Å². The number of carbonyl (C=O) groups is 1. The number of fused-ring (bicyclic) bond motifs is 1. The Morgan fingerprint density at radius 1 is 1.23 bits per heavy atom. The zero-order valence-corrected chi connectivity index (χ0v) is 15.9. The lowest BCUT2D eigenvalue weighted by Gasteiger charge is -2.16. The standard InChI is InChI=1S/C19H17ClN2O3S/c1-3-25-18(24)12(2)26-19-21-16-7-5-4-6-15(16)17(23)22(19)14-10-8-13(20)9-11-14/h4-12H,3H2,1-2H3/t12-/m0/s1. The summed E-state index contributed by atoms with van der Waals surface area (Å²) in [5.74, 6) is -0.345. The third kappa shape index (κ3) is 3.76. The van der Waals surface area contributed by atoms with Crippen molar-refractivity contribution in [2.24, 2.45) is 0 Å². The molecule has 134 valence electrons. The molecule has 0 amide bonds. The van der Waals surface area contributed by atoms with Gasteiger partial charge in [-0.3, -0.25) is 14.2 Å². The smallest absolute Gasteiger partial charge is 0.319 e. The summed E-state index contributed by atoms with van der Waals surface area (Å²) in [5.41, 5.74) is 1.02. The zero-order chi connectivity index (χ0) is 18.7. The Morgan fingerprint density at radius 3 is 2.62 bits per heavy atom. The second-order valence-corrected chi connectivity index (χ2v) is 7.29. The van der Waals surface area contributed by atoms with E-state index >= 15 is 0 Å². The summed E-state index contributed by atoms with van der Waals surface area (Å²) < 4.78 is 6.56. The average Bonchev–Trinajstić information content (AvgIpc) is 2.63. The fourth-order valence-corrected chi connectivity index (χ4v) is 3.53. The van der Waals surface area contributed by atoms with Gasteiger partial charge in [0, 0.05) is 5.02 Å². The van der Waals surface area contributed by atoms with Crippen LogP contribution in [-0.2, 0) is 9.53 Å².